The van der Waals surface area contributed by atoms with Gasteiger partial charge in [0.1, 0.15) is 23.1 Å². The van der Waals surface area contributed by atoms with Gasteiger partial charge < -0.3 is 32.3 Å². The number of hydrogen-bond donors (Lipinski definition) is 5. The van der Waals surface area contributed by atoms with Gasteiger partial charge in [0.15, 0.2) is 11.5 Å². The fraction of sp³-hybridized carbons (Fsp3) is 0.281. The molecule has 7 N–H and O–H groups in total. The number of nitrogens with two attached hydrogens (primary N) is 2. The van der Waals surface area contributed by atoms with Gasteiger partial charge in [-0.25, -0.2) is 0 Å². The molecule has 14 nitrogen and oxygen atoms in total. The standard InChI is InChI=1S/C32H35ClN8O6/c1-17(2)28(38-30(44)21-12-13-26(22(33)15-21)47-41-25-7-5-4-6-23(25)39-40-41)32(46)37-24(31(45)36-16-27(35)42)14-19-8-10-20(11-9-19)29(43)18(3)34/h4-13,15,17-18,24,28H,14,16,34H2,1-3H3,(H2,35,42)(H,36,45)(H,37,46)(H,38,44)/t18-,24-,28-/m0/s1. The minimum Gasteiger partial charge on any atom is -0.368 e. The van der Waals surface area contributed by atoms with E-state index in [0.717, 1.165) is 0 Å². The number of para-hydroxylation sites is 1. The van der Waals surface area contributed by atoms with Crippen LogP contribution in [0, 0.1) is 5.92 Å². The third-order valence-corrected chi connectivity index (χ3v) is 7.39. The van der Waals surface area contributed by atoms with E-state index in [4.69, 9.17) is 27.9 Å². The zero-order valence-electron chi connectivity index (χ0n) is 25.9. The number of carbonyl (C=O) groups is 5. The number of ketones is 1. The summed E-state index contributed by atoms with van der Waals surface area (Å²) in [5.74, 6) is -3.08. The van der Waals surface area contributed by atoms with E-state index in [1.54, 1.807) is 57.2 Å². The summed E-state index contributed by atoms with van der Waals surface area (Å²) in [6, 6.07) is 15.1. The Hall–Kier alpha value is -5.34. The van der Waals surface area contributed by atoms with Gasteiger partial charge in [-0.1, -0.05) is 66.7 Å². The second kappa shape index (κ2) is 15.3. The number of Topliss-reactive ketones (excluding diaryl/α,β-unsaturated/α-hetero) is 1. The summed E-state index contributed by atoms with van der Waals surface area (Å²) in [5.41, 5.74) is 13.3. The van der Waals surface area contributed by atoms with E-state index in [1.807, 2.05) is 12.1 Å². The monoisotopic (exact) mass is 662 g/mol. The lowest BCUT2D eigenvalue weighted by Crippen LogP contribution is -2.56. The van der Waals surface area contributed by atoms with Crippen LogP contribution in [0.2, 0.25) is 5.02 Å². The summed E-state index contributed by atoms with van der Waals surface area (Å²) >= 11 is 6.43. The zero-order chi connectivity index (χ0) is 34.2. The maximum atomic E-state index is 13.5. The van der Waals surface area contributed by atoms with Crippen LogP contribution in [0.4, 0.5) is 0 Å². The molecular formula is C32H35ClN8O6. The average Bonchev–Trinajstić information content (AvgIpc) is 3.45. The normalized spacial score (nSPS) is 13.0. The van der Waals surface area contributed by atoms with Crippen LogP contribution < -0.4 is 32.3 Å². The predicted octanol–water partition coefficient (Wildman–Crippen LogP) is 1.54. The lowest BCUT2D eigenvalue weighted by Gasteiger charge is -2.25. The van der Waals surface area contributed by atoms with Crippen LogP contribution in [0.3, 0.4) is 0 Å². The largest absolute Gasteiger partial charge is 0.368 e. The molecule has 0 unspecified atom stereocenters. The number of hydrogen-bond acceptors (Lipinski definition) is 9. The molecule has 1 heterocycles. The number of fused-ring (bicyclic) bond motifs is 1. The molecule has 0 spiro atoms. The molecular weight excluding hydrogens is 628 g/mol. The van der Waals surface area contributed by atoms with Crippen LogP contribution >= 0.6 is 11.6 Å². The first-order chi connectivity index (χ1) is 22.3. The molecule has 15 heteroatoms. The second-order valence-corrected chi connectivity index (χ2v) is 11.6. The van der Waals surface area contributed by atoms with Crippen molar-refractivity contribution in [2.75, 3.05) is 6.54 Å². The summed E-state index contributed by atoms with van der Waals surface area (Å²) in [5, 5.41) is 15.9. The Morgan fingerprint density at radius 2 is 1.60 bits per heavy atom. The highest BCUT2D eigenvalue weighted by Crippen LogP contribution is 2.27. The molecule has 0 radical (unpaired) electrons. The van der Waals surface area contributed by atoms with Gasteiger partial charge in [-0.15, -0.1) is 5.10 Å². The summed E-state index contributed by atoms with van der Waals surface area (Å²) in [6.07, 6.45) is 0.0138. The van der Waals surface area contributed by atoms with Gasteiger partial charge in [-0.2, -0.15) is 0 Å². The summed E-state index contributed by atoms with van der Waals surface area (Å²) in [6.45, 7) is 4.60. The number of nitrogens with one attached hydrogen (secondary N) is 3. The third kappa shape index (κ3) is 8.89. The van der Waals surface area contributed by atoms with Gasteiger partial charge in [0, 0.05) is 17.5 Å². The van der Waals surface area contributed by atoms with E-state index in [0.29, 0.717) is 22.2 Å². The van der Waals surface area contributed by atoms with Gasteiger partial charge in [-0.05, 0) is 54.0 Å². The maximum absolute atomic E-state index is 13.5. The van der Waals surface area contributed by atoms with E-state index in [-0.39, 0.29) is 28.5 Å². The lowest BCUT2D eigenvalue weighted by atomic mass is 9.99. The third-order valence-electron chi connectivity index (χ3n) is 7.10. The molecule has 4 aromatic rings. The number of halogens is 1. The molecule has 0 saturated carbocycles. The Balaban J connectivity index is 1.47. The molecule has 0 fully saturated rings. The molecule has 0 bridgehead atoms. The summed E-state index contributed by atoms with van der Waals surface area (Å²) in [4.78, 5) is 70.2. The van der Waals surface area contributed by atoms with E-state index < -0.39 is 54.2 Å². The Labute approximate surface area is 275 Å². The van der Waals surface area contributed by atoms with E-state index >= 15 is 0 Å². The number of nitrogens with zero attached hydrogens (tertiary/aromatic N) is 3. The Bertz CT molecular complexity index is 1790. The summed E-state index contributed by atoms with van der Waals surface area (Å²) in [7, 11) is 0. The molecule has 4 amide bonds. The summed E-state index contributed by atoms with van der Waals surface area (Å²) < 4.78 is 0. The Morgan fingerprint density at radius 3 is 2.23 bits per heavy atom. The van der Waals surface area contributed by atoms with Crippen LogP contribution in [-0.2, 0) is 20.8 Å². The Kier molecular flexibility index (Phi) is 11.2. The fourth-order valence-electron chi connectivity index (χ4n) is 4.56. The topological polar surface area (TPSA) is 213 Å². The van der Waals surface area contributed by atoms with Gasteiger partial charge in [0.25, 0.3) is 5.91 Å². The minimum atomic E-state index is -1.14. The first-order valence-corrected chi connectivity index (χ1v) is 15.1. The van der Waals surface area contributed by atoms with Gasteiger partial charge in [0.2, 0.25) is 17.7 Å². The fourth-order valence-corrected chi connectivity index (χ4v) is 4.77. The number of aromatic nitrogens is 3. The molecule has 0 saturated heterocycles. The highest BCUT2D eigenvalue weighted by molar-refractivity contribution is 6.32. The highest BCUT2D eigenvalue weighted by atomic mass is 35.5. The number of primary amides is 1. The van der Waals surface area contributed by atoms with E-state index in [1.165, 1.54) is 23.0 Å². The molecule has 47 heavy (non-hydrogen) atoms. The van der Waals surface area contributed by atoms with Crippen molar-refractivity contribution in [2.45, 2.75) is 45.3 Å². The van der Waals surface area contributed by atoms with Crippen molar-refractivity contribution >= 4 is 52.0 Å². The van der Waals surface area contributed by atoms with Crippen LogP contribution in [0.15, 0.2) is 66.7 Å². The predicted molar refractivity (Wildman–Crippen MR) is 173 cm³/mol. The van der Waals surface area contributed by atoms with Crippen molar-refractivity contribution in [3.8, 4) is 5.75 Å². The number of benzene rings is 3. The van der Waals surface area contributed by atoms with Crippen molar-refractivity contribution in [2.24, 2.45) is 17.4 Å². The molecule has 0 aliphatic carbocycles. The van der Waals surface area contributed by atoms with Crippen molar-refractivity contribution in [1.82, 2.24) is 31.1 Å². The van der Waals surface area contributed by atoms with Gasteiger partial charge >= 0.3 is 0 Å². The lowest BCUT2D eigenvalue weighted by molar-refractivity contribution is -0.131. The van der Waals surface area contributed by atoms with Crippen LogP contribution in [0.5, 0.6) is 5.75 Å². The molecule has 246 valence electrons. The van der Waals surface area contributed by atoms with Gasteiger partial charge in [-0.3, -0.25) is 24.0 Å². The Morgan fingerprint density at radius 1 is 0.915 bits per heavy atom. The van der Waals surface area contributed by atoms with Crippen molar-refractivity contribution < 1.29 is 28.8 Å². The van der Waals surface area contributed by atoms with E-state index in [2.05, 4.69) is 26.3 Å². The number of carbonyl (C=O) groups excluding carboxylic acids is 5. The molecule has 3 atom stereocenters. The molecule has 0 aliphatic rings. The first kappa shape index (κ1) is 34.5. The first-order valence-electron chi connectivity index (χ1n) is 14.7. The smallest absolute Gasteiger partial charge is 0.251 e. The number of amides is 4. The maximum Gasteiger partial charge on any atom is 0.251 e. The van der Waals surface area contributed by atoms with Crippen molar-refractivity contribution in [3.05, 3.63) is 88.4 Å². The van der Waals surface area contributed by atoms with Crippen LogP contribution in [0.1, 0.15) is 47.1 Å². The van der Waals surface area contributed by atoms with E-state index in [9.17, 15) is 24.0 Å². The molecule has 1 aromatic heterocycles. The second-order valence-electron chi connectivity index (χ2n) is 11.2. The molecule has 3 aromatic carbocycles. The van der Waals surface area contributed by atoms with Crippen LogP contribution in [-0.4, -0.2) is 69.2 Å². The minimum absolute atomic E-state index is 0.0138. The molecule has 4 rings (SSSR count). The highest BCUT2D eigenvalue weighted by Gasteiger charge is 2.30. The van der Waals surface area contributed by atoms with Crippen LogP contribution in [0.25, 0.3) is 11.0 Å². The average molecular weight is 663 g/mol. The molecule has 0 aliphatic heterocycles. The SMILES string of the molecule is CC(C)[C@H](NC(=O)c1ccc(On2nnc3ccccc32)c(Cl)c1)C(=O)N[C@@H](Cc1ccc(C(=O)[C@H](C)N)cc1)C(=O)NCC(N)=O. The zero-order valence-corrected chi connectivity index (χ0v) is 26.7. The number of rotatable bonds is 14. The van der Waals surface area contributed by atoms with Crippen molar-refractivity contribution in [1.29, 1.82) is 0 Å². The van der Waals surface area contributed by atoms with Gasteiger partial charge in [0.05, 0.1) is 17.6 Å². The quantitative estimate of drug-likeness (QED) is 0.124. The van der Waals surface area contributed by atoms with Crippen molar-refractivity contribution in [3.63, 3.8) is 0 Å².